The van der Waals surface area contributed by atoms with E-state index in [1.807, 2.05) is 18.2 Å². The highest BCUT2D eigenvalue weighted by atomic mass is 32.1. The minimum absolute atomic E-state index is 0.0538. The van der Waals surface area contributed by atoms with Crippen LogP contribution in [0, 0.1) is 5.82 Å². The standard InChI is InChI=1S/C24H26FN5O2S2/c1-3-15(14-28-10-11-31-2)4-6-18(26)22-13-19-23(34-22)21(8-9-29-19)32-20-7-5-16(12-17(20)25)30-24(27)33/h3-9,12-13,28H,1,10-11,14,26H2,2H3,(H3,27,30,33)/b15-4+,18-6-. The molecule has 0 fully saturated rings. The van der Waals surface area contributed by atoms with Crippen LogP contribution in [0.25, 0.3) is 15.9 Å². The first-order valence-corrected chi connectivity index (χ1v) is 11.5. The molecular weight excluding hydrogens is 473 g/mol. The van der Waals surface area contributed by atoms with Gasteiger partial charge in [-0.05, 0) is 42.1 Å². The molecule has 2 heterocycles. The van der Waals surface area contributed by atoms with Gasteiger partial charge in [-0.15, -0.1) is 11.3 Å². The molecule has 0 saturated heterocycles. The summed E-state index contributed by atoms with van der Waals surface area (Å²) in [6, 6.07) is 7.96. The number of nitrogens with one attached hydrogen (secondary N) is 2. The zero-order chi connectivity index (χ0) is 24.5. The van der Waals surface area contributed by atoms with E-state index in [2.05, 4.69) is 22.2 Å². The van der Waals surface area contributed by atoms with Crippen LogP contribution in [0.5, 0.6) is 11.5 Å². The molecule has 0 aliphatic rings. The van der Waals surface area contributed by atoms with E-state index in [9.17, 15) is 4.39 Å². The molecule has 1 aromatic carbocycles. The number of thiophene rings is 1. The van der Waals surface area contributed by atoms with Gasteiger partial charge in [-0.2, -0.15) is 0 Å². The summed E-state index contributed by atoms with van der Waals surface area (Å²) in [4.78, 5) is 5.21. The first-order chi connectivity index (χ1) is 16.4. The lowest BCUT2D eigenvalue weighted by Crippen LogP contribution is -2.21. The van der Waals surface area contributed by atoms with Gasteiger partial charge in [0.25, 0.3) is 0 Å². The predicted molar refractivity (Wildman–Crippen MR) is 142 cm³/mol. The van der Waals surface area contributed by atoms with Crippen molar-refractivity contribution in [2.75, 3.05) is 32.1 Å². The number of methoxy groups -OCH3 is 1. The van der Waals surface area contributed by atoms with E-state index in [1.54, 1.807) is 31.5 Å². The SMILES string of the molecule is C=C/C(=C\C=C(/N)c1cc2nccc(Oc3ccc(NC(N)=S)cc3F)c2s1)CNCCOC. The molecule has 6 N–H and O–H groups in total. The smallest absolute Gasteiger partial charge is 0.168 e. The molecule has 0 amide bonds. The minimum atomic E-state index is -0.552. The molecule has 178 valence electrons. The van der Waals surface area contributed by atoms with Crippen LogP contribution in [0.2, 0.25) is 0 Å². The van der Waals surface area contributed by atoms with E-state index in [4.69, 9.17) is 33.2 Å². The van der Waals surface area contributed by atoms with Crippen molar-refractivity contribution in [2.45, 2.75) is 0 Å². The monoisotopic (exact) mass is 499 g/mol. The summed E-state index contributed by atoms with van der Waals surface area (Å²) in [7, 11) is 1.66. The molecule has 3 aromatic rings. The number of anilines is 1. The van der Waals surface area contributed by atoms with Crippen LogP contribution in [0.3, 0.4) is 0 Å². The van der Waals surface area contributed by atoms with Gasteiger partial charge in [0.15, 0.2) is 16.7 Å². The molecule has 10 heteroatoms. The number of allylic oxidation sites excluding steroid dienone is 2. The van der Waals surface area contributed by atoms with Gasteiger partial charge in [0, 0.05) is 49.9 Å². The Morgan fingerprint density at radius 1 is 1.24 bits per heavy atom. The van der Waals surface area contributed by atoms with Crippen LogP contribution < -0.4 is 26.8 Å². The second-order valence-corrected chi connectivity index (χ2v) is 8.60. The number of nitrogens with two attached hydrogens (primary N) is 2. The third-order valence-corrected chi connectivity index (χ3v) is 5.92. The second-order valence-electron chi connectivity index (χ2n) is 7.11. The normalized spacial score (nSPS) is 12.1. The van der Waals surface area contributed by atoms with Gasteiger partial charge in [0.1, 0.15) is 5.75 Å². The third-order valence-electron chi connectivity index (χ3n) is 4.63. The molecule has 0 aliphatic heterocycles. The highest BCUT2D eigenvalue weighted by molar-refractivity contribution is 7.80. The largest absolute Gasteiger partial charge is 0.453 e. The lowest BCUT2D eigenvalue weighted by atomic mass is 10.2. The van der Waals surface area contributed by atoms with E-state index < -0.39 is 5.82 Å². The Bertz CT molecular complexity index is 1240. The molecule has 0 unspecified atom stereocenters. The topological polar surface area (TPSA) is 107 Å². The van der Waals surface area contributed by atoms with Gasteiger partial charge in [0.2, 0.25) is 0 Å². The number of fused-ring (bicyclic) bond motifs is 1. The number of hydrogen-bond donors (Lipinski definition) is 4. The highest BCUT2D eigenvalue weighted by Crippen LogP contribution is 2.37. The van der Waals surface area contributed by atoms with E-state index in [-0.39, 0.29) is 10.9 Å². The number of benzene rings is 1. The summed E-state index contributed by atoms with van der Waals surface area (Å²) in [5.41, 5.74) is 14.5. The van der Waals surface area contributed by atoms with Crippen LogP contribution in [-0.2, 0) is 4.74 Å². The Morgan fingerprint density at radius 3 is 2.76 bits per heavy atom. The number of ether oxygens (including phenoxy) is 2. The summed E-state index contributed by atoms with van der Waals surface area (Å²) in [5.74, 6) is -0.00439. The van der Waals surface area contributed by atoms with E-state index in [0.717, 1.165) is 21.7 Å². The van der Waals surface area contributed by atoms with Gasteiger partial charge >= 0.3 is 0 Å². The number of rotatable bonds is 11. The summed E-state index contributed by atoms with van der Waals surface area (Å²) >= 11 is 6.20. The van der Waals surface area contributed by atoms with Crippen LogP contribution in [0.15, 0.2) is 66.9 Å². The quantitative estimate of drug-likeness (QED) is 0.173. The molecule has 0 atom stereocenters. The molecule has 2 aromatic heterocycles. The van der Waals surface area contributed by atoms with E-state index in [0.29, 0.717) is 35.8 Å². The Kier molecular flexibility index (Phi) is 9.11. The Hall–Kier alpha value is -3.31. The number of hydrogen-bond acceptors (Lipinski definition) is 7. The van der Waals surface area contributed by atoms with Crippen LogP contribution in [-0.4, -0.2) is 36.9 Å². The maximum absolute atomic E-state index is 14.5. The maximum Gasteiger partial charge on any atom is 0.168 e. The summed E-state index contributed by atoms with van der Waals surface area (Å²) in [6.07, 6.45) is 7.12. The van der Waals surface area contributed by atoms with Crippen molar-refractivity contribution in [2.24, 2.45) is 11.5 Å². The Labute approximate surface area is 207 Å². The molecular formula is C24H26FN5O2S2. The molecule has 0 aliphatic carbocycles. The minimum Gasteiger partial charge on any atom is -0.453 e. The van der Waals surface area contributed by atoms with Gasteiger partial charge in [-0.1, -0.05) is 18.7 Å². The van der Waals surface area contributed by atoms with Gasteiger partial charge < -0.3 is 31.6 Å². The van der Waals surface area contributed by atoms with Crippen molar-refractivity contribution >= 4 is 50.3 Å². The van der Waals surface area contributed by atoms with Crippen molar-refractivity contribution in [3.63, 3.8) is 0 Å². The molecule has 34 heavy (non-hydrogen) atoms. The van der Waals surface area contributed by atoms with E-state index in [1.165, 1.54) is 23.5 Å². The lowest BCUT2D eigenvalue weighted by molar-refractivity contribution is 0.200. The van der Waals surface area contributed by atoms with E-state index >= 15 is 0 Å². The second kappa shape index (κ2) is 12.2. The molecule has 0 saturated carbocycles. The third kappa shape index (κ3) is 6.84. The van der Waals surface area contributed by atoms with Crippen molar-refractivity contribution in [1.82, 2.24) is 10.3 Å². The molecule has 0 radical (unpaired) electrons. The molecule has 7 nitrogen and oxygen atoms in total. The van der Waals surface area contributed by atoms with Crippen LogP contribution >= 0.6 is 23.6 Å². The maximum atomic E-state index is 14.5. The lowest BCUT2D eigenvalue weighted by Gasteiger charge is -2.09. The van der Waals surface area contributed by atoms with Crippen molar-refractivity contribution in [1.29, 1.82) is 0 Å². The first-order valence-electron chi connectivity index (χ1n) is 10.3. The molecule has 0 spiro atoms. The average Bonchev–Trinajstić information content (AvgIpc) is 3.25. The zero-order valence-corrected chi connectivity index (χ0v) is 20.3. The van der Waals surface area contributed by atoms with Gasteiger partial charge in [-0.25, -0.2) is 4.39 Å². The Morgan fingerprint density at radius 2 is 2.06 bits per heavy atom. The van der Waals surface area contributed by atoms with Crippen LogP contribution in [0.1, 0.15) is 4.88 Å². The fourth-order valence-electron chi connectivity index (χ4n) is 2.94. The summed E-state index contributed by atoms with van der Waals surface area (Å²) in [6.45, 7) is 5.87. The van der Waals surface area contributed by atoms with Crippen molar-refractivity contribution < 1.29 is 13.9 Å². The molecule has 0 bridgehead atoms. The number of aromatic nitrogens is 1. The number of pyridine rings is 1. The Balaban J connectivity index is 1.80. The molecule has 3 rings (SSSR count). The van der Waals surface area contributed by atoms with Gasteiger partial charge in [0.05, 0.1) is 21.7 Å². The first kappa shape index (κ1) is 25.3. The fraction of sp³-hybridized carbons (Fsp3) is 0.167. The number of thiocarbonyl (C=S) groups is 1. The van der Waals surface area contributed by atoms with Crippen LogP contribution in [0.4, 0.5) is 10.1 Å². The number of nitrogens with zero attached hydrogens (tertiary/aromatic N) is 1. The van der Waals surface area contributed by atoms with Crippen molar-refractivity contribution in [3.05, 3.63) is 77.6 Å². The zero-order valence-electron chi connectivity index (χ0n) is 18.6. The van der Waals surface area contributed by atoms with Crippen molar-refractivity contribution in [3.8, 4) is 11.5 Å². The average molecular weight is 500 g/mol. The fourth-order valence-corrected chi connectivity index (χ4v) is 4.07. The highest BCUT2D eigenvalue weighted by Gasteiger charge is 2.13. The summed E-state index contributed by atoms with van der Waals surface area (Å²) < 4.78 is 26.2. The van der Waals surface area contributed by atoms with Gasteiger partial charge in [-0.3, -0.25) is 4.98 Å². The summed E-state index contributed by atoms with van der Waals surface area (Å²) in [5, 5.41) is 6.01. The number of halogens is 1. The predicted octanol–water partition coefficient (Wildman–Crippen LogP) is 4.53.